The molecule has 0 aromatic rings. The van der Waals surface area contributed by atoms with E-state index in [1.807, 2.05) is 6.92 Å². The summed E-state index contributed by atoms with van der Waals surface area (Å²) in [7, 11) is 0. The first-order chi connectivity index (χ1) is 11.2. The van der Waals surface area contributed by atoms with E-state index in [1.165, 1.54) is 32.1 Å². The summed E-state index contributed by atoms with van der Waals surface area (Å²) in [5.41, 5.74) is 0. The van der Waals surface area contributed by atoms with Crippen LogP contribution in [0.3, 0.4) is 0 Å². The Morgan fingerprint density at radius 2 is 2.08 bits per heavy atom. The Labute approximate surface area is 151 Å². The summed E-state index contributed by atoms with van der Waals surface area (Å²) in [6.45, 7) is 5.95. The number of amides is 2. The van der Waals surface area contributed by atoms with Gasteiger partial charge < -0.3 is 20.3 Å². The minimum Gasteiger partial charge on any atom is -0.380 e. The molecule has 1 unspecified atom stereocenters. The third-order valence-corrected chi connectivity index (χ3v) is 4.79. The van der Waals surface area contributed by atoms with Crippen molar-refractivity contribution in [2.45, 2.75) is 51.5 Å². The lowest BCUT2D eigenvalue weighted by atomic mass is 9.89. The van der Waals surface area contributed by atoms with Crippen LogP contribution >= 0.6 is 12.4 Å². The molecule has 2 aliphatic rings. The molecular formula is C17H32ClN3O3. The van der Waals surface area contributed by atoms with Gasteiger partial charge in [0, 0.05) is 32.8 Å². The van der Waals surface area contributed by atoms with Crippen LogP contribution in [0.25, 0.3) is 0 Å². The lowest BCUT2D eigenvalue weighted by molar-refractivity contribution is -0.139. The fraction of sp³-hybridized carbons (Fsp3) is 0.882. The summed E-state index contributed by atoms with van der Waals surface area (Å²) in [6, 6.07) is -0.392. The predicted octanol–water partition coefficient (Wildman–Crippen LogP) is 1.33. The van der Waals surface area contributed by atoms with Gasteiger partial charge in [0.2, 0.25) is 11.8 Å². The number of halogens is 1. The molecule has 1 aliphatic heterocycles. The fourth-order valence-corrected chi connectivity index (χ4v) is 3.40. The van der Waals surface area contributed by atoms with Crippen LogP contribution < -0.4 is 10.6 Å². The summed E-state index contributed by atoms with van der Waals surface area (Å²) < 4.78 is 5.31. The zero-order valence-corrected chi connectivity index (χ0v) is 15.5. The van der Waals surface area contributed by atoms with Crippen LogP contribution in [-0.4, -0.2) is 62.1 Å². The number of ether oxygens (including phenoxy) is 1. The van der Waals surface area contributed by atoms with Crippen molar-refractivity contribution in [2.75, 3.05) is 39.4 Å². The molecule has 1 heterocycles. The van der Waals surface area contributed by atoms with Crippen LogP contribution in [0.4, 0.5) is 0 Å². The standard InChI is InChI=1S/C17H31N3O3.ClH/c1-2-23-11-10-20-9-8-18-15(17(20)22)12-16(21)19-13-14-6-4-3-5-7-14;/h14-15,18H,2-13H2,1H3,(H,19,21);1H. The summed E-state index contributed by atoms with van der Waals surface area (Å²) in [4.78, 5) is 26.3. The first-order valence-electron chi connectivity index (χ1n) is 9.07. The number of nitrogens with zero attached hydrogens (tertiary/aromatic N) is 1. The zero-order chi connectivity index (χ0) is 16.5. The van der Waals surface area contributed by atoms with E-state index in [2.05, 4.69) is 10.6 Å². The summed E-state index contributed by atoms with van der Waals surface area (Å²) in [5.74, 6) is 0.613. The molecule has 0 radical (unpaired) electrons. The molecule has 0 bridgehead atoms. The maximum atomic E-state index is 12.4. The molecule has 2 fully saturated rings. The second-order valence-electron chi connectivity index (χ2n) is 6.54. The van der Waals surface area contributed by atoms with Crippen LogP contribution in [0.2, 0.25) is 0 Å². The van der Waals surface area contributed by atoms with Gasteiger partial charge in [0.05, 0.1) is 19.1 Å². The highest BCUT2D eigenvalue weighted by Crippen LogP contribution is 2.22. The van der Waals surface area contributed by atoms with Crippen molar-refractivity contribution in [2.24, 2.45) is 5.92 Å². The lowest BCUT2D eigenvalue weighted by Gasteiger charge is -2.33. The second-order valence-corrected chi connectivity index (χ2v) is 6.54. The summed E-state index contributed by atoms with van der Waals surface area (Å²) >= 11 is 0. The van der Waals surface area contributed by atoms with E-state index in [-0.39, 0.29) is 30.6 Å². The molecule has 2 N–H and O–H groups in total. The maximum Gasteiger partial charge on any atom is 0.240 e. The Bertz CT molecular complexity index is 389. The second kappa shape index (κ2) is 11.7. The highest BCUT2D eigenvalue weighted by Gasteiger charge is 2.29. The van der Waals surface area contributed by atoms with Gasteiger partial charge in [-0.2, -0.15) is 0 Å². The molecule has 2 rings (SSSR count). The van der Waals surface area contributed by atoms with Crippen molar-refractivity contribution in [1.29, 1.82) is 0 Å². The van der Waals surface area contributed by atoms with Crippen molar-refractivity contribution < 1.29 is 14.3 Å². The summed E-state index contributed by atoms with van der Waals surface area (Å²) in [6.07, 6.45) is 6.54. The van der Waals surface area contributed by atoms with Gasteiger partial charge in [-0.05, 0) is 25.7 Å². The molecule has 140 valence electrons. The topological polar surface area (TPSA) is 70.7 Å². The minimum atomic E-state index is -0.392. The third-order valence-electron chi connectivity index (χ3n) is 4.79. The van der Waals surface area contributed by atoms with Crippen molar-refractivity contribution in [3.8, 4) is 0 Å². The first-order valence-corrected chi connectivity index (χ1v) is 9.07. The quantitative estimate of drug-likeness (QED) is 0.640. The number of piperazine rings is 1. The van der Waals surface area contributed by atoms with Gasteiger partial charge in [-0.15, -0.1) is 12.4 Å². The Morgan fingerprint density at radius 1 is 1.33 bits per heavy atom. The number of rotatable bonds is 8. The van der Waals surface area contributed by atoms with E-state index < -0.39 is 6.04 Å². The number of nitrogens with one attached hydrogen (secondary N) is 2. The smallest absolute Gasteiger partial charge is 0.240 e. The van der Waals surface area contributed by atoms with Crippen molar-refractivity contribution >= 4 is 24.2 Å². The van der Waals surface area contributed by atoms with Crippen LogP contribution in [0, 0.1) is 5.92 Å². The molecule has 6 nitrogen and oxygen atoms in total. The highest BCUT2D eigenvalue weighted by molar-refractivity contribution is 5.88. The van der Waals surface area contributed by atoms with Gasteiger partial charge in [0.25, 0.3) is 0 Å². The SMILES string of the molecule is CCOCCN1CCNC(CC(=O)NCC2CCCCC2)C1=O.Cl. The molecule has 0 aromatic carbocycles. The van der Waals surface area contributed by atoms with Crippen LogP contribution in [-0.2, 0) is 14.3 Å². The maximum absolute atomic E-state index is 12.4. The Kier molecular flexibility index (Phi) is 10.3. The summed E-state index contributed by atoms with van der Waals surface area (Å²) in [5, 5.41) is 6.18. The minimum absolute atomic E-state index is 0. The molecule has 2 amide bonds. The number of hydrogen-bond acceptors (Lipinski definition) is 4. The normalized spacial score (nSPS) is 22.1. The predicted molar refractivity (Wildman–Crippen MR) is 96.3 cm³/mol. The van der Waals surface area contributed by atoms with Crippen LogP contribution in [0.1, 0.15) is 45.4 Å². The lowest BCUT2D eigenvalue weighted by Crippen LogP contribution is -2.56. The molecule has 24 heavy (non-hydrogen) atoms. The average molecular weight is 362 g/mol. The molecule has 0 spiro atoms. The van der Waals surface area contributed by atoms with E-state index in [0.29, 0.717) is 32.2 Å². The molecule has 1 saturated heterocycles. The van der Waals surface area contributed by atoms with Gasteiger partial charge in [0.15, 0.2) is 0 Å². The molecule has 0 aromatic heterocycles. The average Bonchev–Trinajstić information content (AvgIpc) is 2.57. The van der Waals surface area contributed by atoms with E-state index in [0.717, 1.165) is 13.1 Å². The van der Waals surface area contributed by atoms with Gasteiger partial charge in [-0.1, -0.05) is 19.3 Å². The Hall–Kier alpha value is -0.850. The van der Waals surface area contributed by atoms with Crippen LogP contribution in [0.15, 0.2) is 0 Å². The zero-order valence-electron chi connectivity index (χ0n) is 14.7. The molecule has 1 saturated carbocycles. The number of carbonyl (C=O) groups is 2. The van der Waals surface area contributed by atoms with Crippen molar-refractivity contribution in [3.05, 3.63) is 0 Å². The van der Waals surface area contributed by atoms with Gasteiger partial charge >= 0.3 is 0 Å². The van der Waals surface area contributed by atoms with Gasteiger partial charge in [-0.25, -0.2) is 0 Å². The monoisotopic (exact) mass is 361 g/mol. The molecule has 7 heteroatoms. The largest absolute Gasteiger partial charge is 0.380 e. The van der Waals surface area contributed by atoms with Crippen molar-refractivity contribution in [3.63, 3.8) is 0 Å². The van der Waals surface area contributed by atoms with E-state index >= 15 is 0 Å². The Balaban J connectivity index is 0.00000288. The van der Waals surface area contributed by atoms with Gasteiger partial charge in [0.1, 0.15) is 0 Å². The van der Waals surface area contributed by atoms with E-state index in [4.69, 9.17) is 4.74 Å². The Morgan fingerprint density at radius 3 is 2.79 bits per heavy atom. The van der Waals surface area contributed by atoms with Crippen LogP contribution in [0.5, 0.6) is 0 Å². The number of carbonyl (C=O) groups excluding carboxylic acids is 2. The van der Waals surface area contributed by atoms with Gasteiger partial charge in [-0.3, -0.25) is 9.59 Å². The fourth-order valence-electron chi connectivity index (χ4n) is 3.40. The molecule has 1 aliphatic carbocycles. The molecule has 1 atom stereocenters. The molecular weight excluding hydrogens is 330 g/mol. The number of hydrogen-bond donors (Lipinski definition) is 2. The van der Waals surface area contributed by atoms with E-state index in [1.54, 1.807) is 4.90 Å². The van der Waals surface area contributed by atoms with Crippen molar-refractivity contribution in [1.82, 2.24) is 15.5 Å². The highest BCUT2D eigenvalue weighted by atomic mass is 35.5. The van der Waals surface area contributed by atoms with E-state index in [9.17, 15) is 9.59 Å². The third kappa shape index (κ3) is 6.95. The first kappa shape index (κ1) is 21.2.